The molecule has 0 radical (unpaired) electrons. The van der Waals surface area contributed by atoms with Crippen molar-refractivity contribution < 1.29 is 0 Å². The Morgan fingerprint density at radius 1 is 1.20 bits per heavy atom. The van der Waals surface area contributed by atoms with E-state index < -0.39 is 0 Å². The van der Waals surface area contributed by atoms with Gasteiger partial charge in [-0.05, 0) is 42.9 Å². The summed E-state index contributed by atoms with van der Waals surface area (Å²) in [6.07, 6.45) is 2.46. The Morgan fingerprint density at radius 2 is 1.90 bits per heavy atom. The topological polar surface area (TPSA) is 15.3 Å². The van der Waals surface area contributed by atoms with Gasteiger partial charge in [-0.1, -0.05) is 45.0 Å². The Hall–Kier alpha value is -0.860. The fraction of sp³-hybridized carbons (Fsp3) is 0.667. The number of hydrogen-bond donors (Lipinski definition) is 1. The summed E-state index contributed by atoms with van der Waals surface area (Å²) in [5, 5.41) is 3.45. The summed E-state index contributed by atoms with van der Waals surface area (Å²) in [4.78, 5) is 2.61. The number of rotatable bonds is 4. The Morgan fingerprint density at radius 3 is 2.50 bits per heavy atom. The highest BCUT2D eigenvalue weighted by Gasteiger charge is 2.17. The van der Waals surface area contributed by atoms with E-state index in [9.17, 15) is 0 Å². The third kappa shape index (κ3) is 4.32. The van der Waals surface area contributed by atoms with E-state index in [1.54, 1.807) is 0 Å². The van der Waals surface area contributed by atoms with Crippen LogP contribution in [0.4, 0.5) is 0 Å². The maximum atomic E-state index is 3.45. The van der Waals surface area contributed by atoms with Crippen molar-refractivity contribution in [1.82, 2.24) is 10.2 Å². The van der Waals surface area contributed by atoms with Crippen molar-refractivity contribution in [1.29, 1.82) is 0 Å². The second-order valence-corrected chi connectivity index (χ2v) is 7.14. The molecule has 1 N–H and O–H groups in total. The highest BCUT2D eigenvalue weighted by atomic mass is 15.2. The number of nitrogens with zero attached hydrogens (tertiary/aromatic N) is 1. The molecule has 0 bridgehead atoms. The minimum absolute atomic E-state index is 0.259. The van der Waals surface area contributed by atoms with Gasteiger partial charge in [0.1, 0.15) is 0 Å². The van der Waals surface area contributed by atoms with Crippen molar-refractivity contribution in [3.05, 3.63) is 35.4 Å². The molecule has 1 unspecified atom stereocenters. The van der Waals surface area contributed by atoms with Gasteiger partial charge < -0.3 is 5.32 Å². The molecule has 0 spiro atoms. The van der Waals surface area contributed by atoms with Gasteiger partial charge in [-0.2, -0.15) is 0 Å². The minimum Gasteiger partial charge on any atom is -0.314 e. The lowest BCUT2D eigenvalue weighted by molar-refractivity contribution is 0.172. The zero-order valence-corrected chi connectivity index (χ0v) is 13.6. The van der Waals surface area contributed by atoms with Crippen LogP contribution in [0.5, 0.6) is 0 Å². The summed E-state index contributed by atoms with van der Waals surface area (Å²) >= 11 is 0. The molecule has 1 aromatic carbocycles. The second-order valence-electron chi connectivity index (χ2n) is 7.14. The molecule has 2 rings (SSSR count). The highest BCUT2D eigenvalue weighted by Crippen LogP contribution is 2.22. The molecule has 1 aliphatic heterocycles. The first-order valence-electron chi connectivity index (χ1n) is 8.01. The van der Waals surface area contributed by atoms with Gasteiger partial charge in [-0.15, -0.1) is 0 Å². The average Bonchev–Trinajstić information content (AvgIpc) is 2.40. The highest BCUT2D eigenvalue weighted by molar-refractivity contribution is 5.27. The first-order chi connectivity index (χ1) is 9.47. The van der Waals surface area contributed by atoms with Gasteiger partial charge in [0.15, 0.2) is 0 Å². The van der Waals surface area contributed by atoms with Crippen LogP contribution >= 0.6 is 0 Å². The van der Waals surface area contributed by atoms with E-state index in [1.165, 1.54) is 37.1 Å². The molecular weight excluding hydrogens is 244 g/mol. The van der Waals surface area contributed by atoms with Crippen LogP contribution in [-0.2, 0) is 11.8 Å². The molecule has 1 aliphatic rings. The van der Waals surface area contributed by atoms with Gasteiger partial charge in [0.2, 0.25) is 0 Å². The predicted octanol–water partition coefficient (Wildman–Crippen LogP) is 3.21. The summed E-state index contributed by atoms with van der Waals surface area (Å²) in [5.41, 5.74) is 3.16. The lowest BCUT2D eigenvalue weighted by Crippen LogP contribution is -2.49. The summed E-state index contributed by atoms with van der Waals surface area (Å²) in [7, 11) is 0. The van der Waals surface area contributed by atoms with Gasteiger partial charge in [0.05, 0.1) is 0 Å². The predicted molar refractivity (Wildman–Crippen MR) is 87.4 cm³/mol. The first-order valence-corrected chi connectivity index (χ1v) is 8.01. The quantitative estimate of drug-likeness (QED) is 0.907. The van der Waals surface area contributed by atoms with Gasteiger partial charge in [-0.3, -0.25) is 4.90 Å². The maximum Gasteiger partial charge on any atom is 0.0192 e. The monoisotopic (exact) mass is 274 g/mol. The number of hydrogen-bond acceptors (Lipinski definition) is 2. The summed E-state index contributed by atoms with van der Waals surface area (Å²) < 4.78 is 0. The van der Waals surface area contributed by atoms with Crippen LogP contribution in [-0.4, -0.2) is 37.1 Å². The van der Waals surface area contributed by atoms with E-state index in [0.717, 1.165) is 13.1 Å². The molecule has 0 aliphatic carbocycles. The fourth-order valence-corrected chi connectivity index (χ4v) is 2.87. The number of benzene rings is 1. The van der Waals surface area contributed by atoms with Crippen LogP contribution < -0.4 is 5.32 Å². The van der Waals surface area contributed by atoms with Gasteiger partial charge in [0.25, 0.3) is 0 Å². The normalized spacial score (nSPS) is 21.1. The molecule has 0 saturated carbocycles. The molecule has 1 fully saturated rings. The van der Waals surface area contributed by atoms with E-state index >= 15 is 0 Å². The summed E-state index contributed by atoms with van der Waals surface area (Å²) in [5.74, 6) is 0. The molecule has 2 heteroatoms. The van der Waals surface area contributed by atoms with Crippen LogP contribution in [0.25, 0.3) is 0 Å². The van der Waals surface area contributed by atoms with Gasteiger partial charge in [-0.25, -0.2) is 0 Å². The van der Waals surface area contributed by atoms with Crippen molar-refractivity contribution in [2.24, 2.45) is 0 Å². The Labute approximate surface area is 124 Å². The molecule has 1 heterocycles. The van der Waals surface area contributed by atoms with Crippen LogP contribution in [0.3, 0.4) is 0 Å². The Bertz CT molecular complexity index is 402. The number of nitrogens with one attached hydrogen (secondary N) is 1. The van der Waals surface area contributed by atoms with Gasteiger partial charge >= 0.3 is 0 Å². The van der Waals surface area contributed by atoms with Crippen LogP contribution in [0.15, 0.2) is 24.3 Å². The largest absolute Gasteiger partial charge is 0.314 e. The minimum atomic E-state index is 0.259. The molecule has 20 heavy (non-hydrogen) atoms. The SMILES string of the molecule is CC1CNCCN1CCCc1ccc(C(C)(C)C)cc1. The number of piperazine rings is 1. The smallest absolute Gasteiger partial charge is 0.0192 e. The van der Waals surface area contributed by atoms with Gasteiger partial charge in [0, 0.05) is 25.7 Å². The molecule has 0 aromatic heterocycles. The lowest BCUT2D eigenvalue weighted by atomic mass is 9.86. The molecule has 1 saturated heterocycles. The van der Waals surface area contributed by atoms with E-state index in [4.69, 9.17) is 0 Å². The Balaban J connectivity index is 1.79. The van der Waals surface area contributed by atoms with Crippen molar-refractivity contribution in [2.75, 3.05) is 26.2 Å². The fourth-order valence-electron chi connectivity index (χ4n) is 2.87. The van der Waals surface area contributed by atoms with E-state index in [0.29, 0.717) is 6.04 Å². The molecule has 2 nitrogen and oxygen atoms in total. The van der Waals surface area contributed by atoms with E-state index in [-0.39, 0.29) is 5.41 Å². The van der Waals surface area contributed by atoms with Crippen LogP contribution in [0, 0.1) is 0 Å². The summed E-state index contributed by atoms with van der Waals surface area (Å²) in [6, 6.07) is 9.89. The first kappa shape index (κ1) is 15.5. The zero-order chi connectivity index (χ0) is 14.6. The molecule has 0 amide bonds. The van der Waals surface area contributed by atoms with E-state index in [2.05, 4.69) is 62.2 Å². The molecule has 112 valence electrons. The van der Waals surface area contributed by atoms with Crippen LogP contribution in [0.2, 0.25) is 0 Å². The molecule has 1 atom stereocenters. The zero-order valence-electron chi connectivity index (χ0n) is 13.6. The molecule has 1 aromatic rings. The lowest BCUT2D eigenvalue weighted by Gasteiger charge is -2.33. The van der Waals surface area contributed by atoms with Crippen molar-refractivity contribution in [2.45, 2.75) is 52.0 Å². The van der Waals surface area contributed by atoms with Crippen molar-refractivity contribution in [3.63, 3.8) is 0 Å². The third-order valence-electron chi connectivity index (χ3n) is 4.37. The third-order valence-corrected chi connectivity index (χ3v) is 4.37. The summed E-state index contributed by atoms with van der Waals surface area (Å²) in [6.45, 7) is 13.8. The van der Waals surface area contributed by atoms with Crippen LogP contribution in [0.1, 0.15) is 45.2 Å². The second kappa shape index (κ2) is 6.73. The molecular formula is C18H30N2. The maximum absolute atomic E-state index is 3.45. The Kier molecular flexibility index (Phi) is 5.22. The average molecular weight is 274 g/mol. The van der Waals surface area contributed by atoms with Crippen molar-refractivity contribution >= 4 is 0 Å². The standard InChI is InChI=1S/C18H30N2/c1-15-14-19-11-13-20(15)12-5-6-16-7-9-17(10-8-16)18(2,3)4/h7-10,15,19H,5-6,11-14H2,1-4H3. The van der Waals surface area contributed by atoms with Crippen molar-refractivity contribution in [3.8, 4) is 0 Å². The number of aryl methyl sites for hydroxylation is 1. The van der Waals surface area contributed by atoms with E-state index in [1.807, 2.05) is 0 Å².